The van der Waals surface area contributed by atoms with Gasteiger partial charge in [0, 0.05) is 5.69 Å². The molecule has 0 aliphatic heterocycles. The third kappa shape index (κ3) is 4.08. The van der Waals surface area contributed by atoms with Gasteiger partial charge < -0.3 is 10.4 Å². The molecule has 2 rings (SSSR count). The van der Waals surface area contributed by atoms with Crippen LogP contribution in [0.15, 0.2) is 24.3 Å². The zero-order valence-electron chi connectivity index (χ0n) is 13.4. The minimum Gasteiger partial charge on any atom is -0.389 e. The largest absolute Gasteiger partial charge is 0.389 e. The monoisotopic (exact) mass is 300 g/mol. The Bertz CT molecular complexity index is 564. The molecule has 0 saturated heterocycles. The van der Waals surface area contributed by atoms with Crippen molar-refractivity contribution in [2.45, 2.75) is 63.4 Å². The molecule has 118 valence electrons. The highest BCUT2D eigenvalue weighted by molar-refractivity contribution is 5.91. The summed E-state index contributed by atoms with van der Waals surface area (Å²) in [6.07, 6.45) is 4.67. The Kier molecular flexibility index (Phi) is 4.87. The Hall–Kier alpha value is -1.86. The van der Waals surface area contributed by atoms with Crippen molar-refractivity contribution < 1.29 is 9.90 Å². The molecule has 0 unspecified atom stereocenters. The lowest BCUT2D eigenvalue weighted by Crippen LogP contribution is -2.35. The van der Waals surface area contributed by atoms with Crippen molar-refractivity contribution in [2.75, 3.05) is 5.32 Å². The van der Waals surface area contributed by atoms with Gasteiger partial charge in [0.1, 0.15) is 0 Å². The number of aliphatic hydroxyl groups is 1. The van der Waals surface area contributed by atoms with E-state index in [4.69, 9.17) is 5.26 Å². The van der Waals surface area contributed by atoms with Crippen molar-refractivity contribution >= 4 is 11.6 Å². The SMILES string of the molecule is CC(C)(C#N)c1ccc(NC(=O)CC2(O)CCCCC2)cc1. The van der Waals surface area contributed by atoms with Crippen molar-refractivity contribution in [3.8, 4) is 6.07 Å². The van der Waals surface area contributed by atoms with E-state index < -0.39 is 11.0 Å². The smallest absolute Gasteiger partial charge is 0.227 e. The topological polar surface area (TPSA) is 73.1 Å². The number of nitriles is 1. The Morgan fingerprint density at radius 2 is 1.86 bits per heavy atom. The summed E-state index contributed by atoms with van der Waals surface area (Å²) in [4.78, 5) is 12.1. The van der Waals surface area contributed by atoms with Crippen LogP contribution in [0.3, 0.4) is 0 Å². The predicted molar refractivity (Wildman–Crippen MR) is 86.4 cm³/mol. The van der Waals surface area contributed by atoms with E-state index in [9.17, 15) is 9.90 Å². The molecule has 1 saturated carbocycles. The van der Waals surface area contributed by atoms with Crippen LogP contribution in [0.2, 0.25) is 0 Å². The first kappa shape index (κ1) is 16.5. The van der Waals surface area contributed by atoms with Crippen molar-refractivity contribution in [3.05, 3.63) is 29.8 Å². The van der Waals surface area contributed by atoms with E-state index in [-0.39, 0.29) is 12.3 Å². The summed E-state index contributed by atoms with van der Waals surface area (Å²) in [7, 11) is 0. The minimum absolute atomic E-state index is 0.151. The van der Waals surface area contributed by atoms with E-state index >= 15 is 0 Å². The first-order valence-electron chi connectivity index (χ1n) is 7.89. The van der Waals surface area contributed by atoms with Gasteiger partial charge in [-0.2, -0.15) is 5.26 Å². The molecule has 1 fully saturated rings. The first-order chi connectivity index (χ1) is 10.3. The van der Waals surface area contributed by atoms with Gasteiger partial charge in [0.25, 0.3) is 0 Å². The van der Waals surface area contributed by atoms with Crippen molar-refractivity contribution in [2.24, 2.45) is 0 Å². The maximum atomic E-state index is 12.1. The summed E-state index contributed by atoms with van der Waals surface area (Å²) in [5.74, 6) is -0.156. The van der Waals surface area contributed by atoms with Crippen LogP contribution in [0, 0.1) is 11.3 Å². The molecule has 1 aliphatic carbocycles. The van der Waals surface area contributed by atoms with E-state index in [1.165, 1.54) is 0 Å². The van der Waals surface area contributed by atoms with E-state index in [0.29, 0.717) is 18.5 Å². The van der Waals surface area contributed by atoms with Crippen molar-refractivity contribution in [1.82, 2.24) is 0 Å². The van der Waals surface area contributed by atoms with E-state index in [0.717, 1.165) is 24.8 Å². The fourth-order valence-corrected chi connectivity index (χ4v) is 2.93. The number of carbonyl (C=O) groups excluding carboxylic acids is 1. The summed E-state index contributed by atoms with van der Waals surface area (Å²) in [5, 5.41) is 22.4. The number of nitrogens with one attached hydrogen (secondary N) is 1. The van der Waals surface area contributed by atoms with Gasteiger partial charge in [-0.05, 0) is 44.4 Å². The molecule has 22 heavy (non-hydrogen) atoms. The molecule has 0 atom stereocenters. The number of rotatable bonds is 4. The summed E-state index contributed by atoms with van der Waals surface area (Å²) >= 11 is 0. The molecule has 2 N–H and O–H groups in total. The average molecular weight is 300 g/mol. The highest BCUT2D eigenvalue weighted by Crippen LogP contribution is 2.31. The van der Waals surface area contributed by atoms with Crippen LogP contribution in [0.1, 0.15) is 57.9 Å². The van der Waals surface area contributed by atoms with Gasteiger partial charge in [0.2, 0.25) is 5.91 Å². The fraction of sp³-hybridized carbons (Fsp3) is 0.556. The van der Waals surface area contributed by atoms with Gasteiger partial charge >= 0.3 is 0 Å². The standard InChI is InChI=1S/C18H24N2O2/c1-17(2,13-19)14-6-8-15(9-7-14)20-16(21)12-18(22)10-4-3-5-11-18/h6-9,22H,3-5,10-12H2,1-2H3,(H,20,21). The summed E-state index contributed by atoms with van der Waals surface area (Å²) < 4.78 is 0. The lowest BCUT2D eigenvalue weighted by atomic mass is 9.82. The van der Waals surface area contributed by atoms with Crippen molar-refractivity contribution in [3.63, 3.8) is 0 Å². The number of hydrogen-bond donors (Lipinski definition) is 2. The number of amides is 1. The fourth-order valence-electron chi connectivity index (χ4n) is 2.93. The van der Waals surface area contributed by atoms with Gasteiger partial charge in [-0.1, -0.05) is 31.4 Å². The quantitative estimate of drug-likeness (QED) is 0.893. The zero-order valence-corrected chi connectivity index (χ0v) is 13.4. The van der Waals surface area contributed by atoms with Gasteiger partial charge in [0.05, 0.1) is 23.5 Å². The highest BCUT2D eigenvalue weighted by atomic mass is 16.3. The van der Waals surface area contributed by atoms with Gasteiger partial charge in [-0.15, -0.1) is 0 Å². The second-order valence-corrected chi connectivity index (χ2v) is 6.82. The van der Waals surface area contributed by atoms with Gasteiger partial charge in [-0.3, -0.25) is 4.79 Å². The summed E-state index contributed by atoms with van der Waals surface area (Å²) in [5.41, 5.74) is 0.228. The Labute approximate surface area is 132 Å². The van der Waals surface area contributed by atoms with E-state index in [2.05, 4.69) is 11.4 Å². The zero-order chi connectivity index (χ0) is 16.2. The molecule has 0 aromatic heterocycles. The second-order valence-electron chi connectivity index (χ2n) is 6.82. The molecule has 0 spiro atoms. The maximum Gasteiger partial charge on any atom is 0.227 e. The lowest BCUT2D eigenvalue weighted by Gasteiger charge is -2.31. The molecule has 4 heteroatoms. The second kappa shape index (κ2) is 6.50. The van der Waals surface area contributed by atoms with Crippen LogP contribution in [0.25, 0.3) is 0 Å². The molecule has 1 amide bonds. The molecule has 0 bridgehead atoms. The molecule has 1 aliphatic rings. The molecular formula is C18H24N2O2. The molecule has 4 nitrogen and oxygen atoms in total. The van der Waals surface area contributed by atoms with Crippen LogP contribution in [0.4, 0.5) is 5.69 Å². The molecule has 1 aromatic carbocycles. The number of benzene rings is 1. The van der Waals surface area contributed by atoms with E-state index in [1.54, 1.807) is 12.1 Å². The number of nitrogens with zero attached hydrogens (tertiary/aromatic N) is 1. The van der Waals surface area contributed by atoms with Crippen LogP contribution in [0.5, 0.6) is 0 Å². The summed E-state index contributed by atoms with van der Waals surface area (Å²) in [6.45, 7) is 3.72. The van der Waals surface area contributed by atoms with Crippen LogP contribution >= 0.6 is 0 Å². The molecule has 1 aromatic rings. The van der Waals surface area contributed by atoms with E-state index in [1.807, 2.05) is 26.0 Å². The van der Waals surface area contributed by atoms with Crippen LogP contribution in [-0.4, -0.2) is 16.6 Å². The van der Waals surface area contributed by atoms with Crippen LogP contribution in [-0.2, 0) is 10.2 Å². The number of carbonyl (C=O) groups is 1. The molecule has 0 radical (unpaired) electrons. The predicted octanol–water partition coefficient (Wildman–Crippen LogP) is 3.51. The van der Waals surface area contributed by atoms with Gasteiger partial charge in [-0.25, -0.2) is 0 Å². The number of hydrogen-bond acceptors (Lipinski definition) is 3. The Balaban J connectivity index is 1.96. The van der Waals surface area contributed by atoms with Crippen molar-refractivity contribution in [1.29, 1.82) is 5.26 Å². The summed E-state index contributed by atoms with van der Waals surface area (Å²) in [6, 6.07) is 9.57. The first-order valence-corrected chi connectivity index (χ1v) is 7.89. The molecular weight excluding hydrogens is 276 g/mol. The van der Waals surface area contributed by atoms with Crippen LogP contribution < -0.4 is 5.32 Å². The Morgan fingerprint density at radius 1 is 1.27 bits per heavy atom. The maximum absolute atomic E-state index is 12.1. The lowest BCUT2D eigenvalue weighted by molar-refractivity contribution is -0.122. The number of anilines is 1. The molecule has 0 heterocycles. The van der Waals surface area contributed by atoms with Gasteiger partial charge in [0.15, 0.2) is 0 Å². The third-order valence-electron chi connectivity index (χ3n) is 4.44. The normalized spacial score (nSPS) is 17.5. The Morgan fingerprint density at radius 3 is 2.41 bits per heavy atom. The third-order valence-corrected chi connectivity index (χ3v) is 4.44. The average Bonchev–Trinajstić information content (AvgIpc) is 2.48. The minimum atomic E-state index is -0.842. The highest BCUT2D eigenvalue weighted by Gasteiger charge is 2.31.